The van der Waals surface area contributed by atoms with Gasteiger partial charge in [-0.3, -0.25) is 4.79 Å². The second kappa shape index (κ2) is 17.9. The third-order valence-corrected chi connectivity index (χ3v) is 5.65. The Hall–Kier alpha value is -0.530. The van der Waals surface area contributed by atoms with Crippen molar-refractivity contribution in [1.82, 2.24) is 0 Å². The Kier molecular flexibility index (Phi) is 17.5. The molecular weight excluding hydrogens is 320 g/mol. The van der Waals surface area contributed by atoms with Gasteiger partial charge in [0, 0.05) is 6.42 Å². The van der Waals surface area contributed by atoms with E-state index in [1.807, 2.05) is 0 Å². The summed E-state index contributed by atoms with van der Waals surface area (Å²) in [6, 6.07) is 0. The highest BCUT2D eigenvalue weighted by atomic mass is 16.6. The first kappa shape index (κ1) is 25.5. The normalized spacial score (nSPS) is 13.5. The largest absolute Gasteiger partial charge is 0.459 e. The minimum atomic E-state index is -0.246. The lowest BCUT2D eigenvalue weighted by molar-refractivity contribution is -0.159. The van der Waals surface area contributed by atoms with Crippen LogP contribution in [0.3, 0.4) is 0 Å². The summed E-state index contributed by atoms with van der Waals surface area (Å²) < 4.78 is 5.76. The highest BCUT2D eigenvalue weighted by Gasteiger charge is 2.25. The van der Waals surface area contributed by atoms with Gasteiger partial charge in [-0.15, -0.1) is 0 Å². The molecular formula is C24H48O2. The molecule has 0 bridgehead atoms. The topological polar surface area (TPSA) is 26.3 Å². The van der Waals surface area contributed by atoms with Gasteiger partial charge in [0.25, 0.3) is 0 Å². The van der Waals surface area contributed by atoms with E-state index in [0.29, 0.717) is 6.42 Å². The van der Waals surface area contributed by atoms with E-state index in [0.717, 1.165) is 32.1 Å². The summed E-state index contributed by atoms with van der Waals surface area (Å²) in [5.41, 5.74) is -0.246. The molecule has 2 nitrogen and oxygen atoms in total. The summed E-state index contributed by atoms with van der Waals surface area (Å²) in [5.74, 6) is 0.00789. The molecule has 0 spiro atoms. The second-order valence-corrected chi connectivity index (χ2v) is 8.37. The Morgan fingerprint density at radius 3 is 1.50 bits per heavy atom. The molecule has 0 fully saturated rings. The van der Waals surface area contributed by atoms with Gasteiger partial charge in [0.1, 0.15) is 5.60 Å². The maximum absolute atomic E-state index is 12.1. The predicted molar refractivity (Wildman–Crippen MR) is 115 cm³/mol. The van der Waals surface area contributed by atoms with Gasteiger partial charge in [-0.2, -0.15) is 0 Å². The molecule has 0 N–H and O–H groups in total. The lowest BCUT2D eigenvalue weighted by Crippen LogP contribution is -2.30. The molecule has 26 heavy (non-hydrogen) atoms. The average Bonchev–Trinajstić information content (AvgIpc) is 2.63. The van der Waals surface area contributed by atoms with E-state index in [-0.39, 0.29) is 11.6 Å². The van der Waals surface area contributed by atoms with Crippen molar-refractivity contribution in [3.05, 3.63) is 0 Å². The highest BCUT2D eigenvalue weighted by Crippen LogP contribution is 2.24. The van der Waals surface area contributed by atoms with Crippen molar-refractivity contribution in [1.29, 1.82) is 0 Å². The summed E-state index contributed by atoms with van der Waals surface area (Å²) in [4.78, 5) is 12.1. The van der Waals surface area contributed by atoms with Crippen LogP contribution in [0.1, 0.15) is 143 Å². The Morgan fingerprint density at radius 1 is 0.654 bits per heavy atom. The Bertz CT molecular complexity index is 313. The summed E-state index contributed by atoms with van der Waals surface area (Å²) >= 11 is 0. The number of ether oxygens (including phenoxy) is 1. The molecule has 0 radical (unpaired) electrons. The number of rotatable bonds is 19. The Morgan fingerprint density at radius 2 is 1.08 bits per heavy atom. The van der Waals surface area contributed by atoms with Crippen molar-refractivity contribution >= 4 is 5.97 Å². The molecule has 0 aliphatic heterocycles. The standard InChI is InChI=1S/C24H48O2/c1-5-8-10-11-12-13-14-15-16-17-18-19-20-21-23(25)26-24(4,7-3)22-9-6-2/h5-22H2,1-4H3. The smallest absolute Gasteiger partial charge is 0.306 e. The highest BCUT2D eigenvalue weighted by molar-refractivity contribution is 5.69. The van der Waals surface area contributed by atoms with Gasteiger partial charge in [0.2, 0.25) is 0 Å². The molecule has 0 aliphatic rings. The van der Waals surface area contributed by atoms with Crippen molar-refractivity contribution in [2.24, 2.45) is 0 Å². The molecule has 1 unspecified atom stereocenters. The Balaban J connectivity index is 3.45. The van der Waals surface area contributed by atoms with Crippen molar-refractivity contribution < 1.29 is 9.53 Å². The van der Waals surface area contributed by atoms with Crippen molar-refractivity contribution in [2.75, 3.05) is 0 Å². The number of hydrogen-bond donors (Lipinski definition) is 0. The van der Waals surface area contributed by atoms with Crippen LogP contribution >= 0.6 is 0 Å². The summed E-state index contributed by atoms with van der Waals surface area (Å²) in [5, 5.41) is 0. The van der Waals surface area contributed by atoms with Crippen LogP contribution in [0.4, 0.5) is 0 Å². The average molecular weight is 369 g/mol. The minimum absolute atomic E-state index is 0.00789. The minimum Gasteiger partial charge on any atom is -0.459 e. The van der Waals surface area contributed by atoms with Gasteiger partial charge in [-0.1, -0.05) is 104 Å². The van der Waals surface area contributed by atoms with E-state index in [1.54, 1.807) is 0 Å². The molecule has 0 aromatic heterocycles. The van der Waals surface area contributed by atoms with E-state index in [2.05, 4.69) is 27.7 Å². The molecule has 0 heterocycles. The molecule has 0 aliphatic carbocycles. The first-order chi connectivity index (χ1) is 12.6. The maximum Gasteiger partial charge on any atom is 0.306 e. The van der Waals surface area contributed by atoms with Crippen molar-refractivity contribution in [2.45, 2.75) is 149 Å². The van der Waals surface area contributed by atoms with Gasteiger partial charge in [-0.25, -0.2) is 0 Å². The lowest BCUT2D eigenvalue weighted by Gasteiger charge is -2.28. The van der Waals surface area contributed by atoms with Gasteiger partial charge < -0.3 is 4.74 Å². The molecule has 0 rings (SSSR count). The summed E-state index contributed by atoms with van der Waals surface area (Å²) in [6.45, 7) is 8.67. The number of carbonyl (C=O) groups excluding carboxylic acids is 1. The third kappa shape index (κ3) is 15.7. The SMILES string of the molecule is CCCCCCCCCCCCCCCC(=O)OC(C)(CC)CCCC. The van der Waals surface area contributed by atoms with Crippen LogP contribution < -0.4 is 0 Å². The third-order valence-electron chi connectivity index (χ3n) is 5.65. The fourth-order valence-electron chi connectivity index (χ4n) is 3.46. The van der Waals surface area contributed by atoms with Gasteiger partial charge in [-0.05, 0) is 32.6 Å². The quantitative estimate of drug-likeness (QED) is 0.169. The monoisotopic (exact) mass is 368 g/mol. The van der Waals surface area contributed by atoms with Crippen LogP contribution in [-0.4, -0.2) is 11.6 Å². The lowest BCUT2D eigenvalue weighted by atomic mass is 9.96. The van der Waals surface area contributed by atoms with Gasteiger partial charge >= 0.3 is 5.97 Å². The van der Waals surface area contributed by atoms with Crippen LogP contribution in [0.5, 0.6) is 0 Å². The van der Waals surface area contributed by atoms with Crippen LogP contribution in [0, 0.1) is 0 Å². The Labute approximate surface area is 164 Å². The van der Waals surface area contributed by atoms with E-state index in [9.17, 15) is 4.79 Å². The predicted octanol–water partition coefficient (Wildman–Crippen LogP) is 8.37. The van der Waals surface area contributed by atoms with E-state index < -0.39 is 0 Å². The van der Waals surface area contributed by atoms with Crippen LogP contribution in [-0.2, 0) is 9.53 Å². The molecule has 1 atom stereocenters. The number of carbonyl (C=O) groups is 1. The second-order valence-electron chi connectivity index (χ2n) is 8.37. The molecule has 0 aromatic carbocycles. The molecule has 156 valence electrons. The molecule has 0 amide bonds. The summed E-state index contributed by atoms with van der Waals surface area (Å²) in [6.07, 6.45) is 22.2. The maximum atomic E-state index is 12.1. The first-order valence-electron chi connectivity index (χ1n) is 11.8. The van der Waals surface area contributed by atoms with Crippen LogP contribution in [0.25, 0.3) is 0 Å². The van der Waals surface area contributed by atoms with E-state index in [4.69, 9.17) is 4.74 Å². The fraction of sp³-hybridized carbons (Fsp3) is 0.958. The zero-order valence-corrected chi connectivity index (χ0v) is 18.5. The molecule has 2 heteroatoms. The number of esters is 1. The van der Waals surface area contributed by atoms with E-state index in [1.165, 1.54) is 77.0 Å². The van der Waals surface area contributed by atoms with Crippen molar-refractivity contribution in [3.63, 3.8) is 0 Å². The van der Waals surface area contributed by atoms with Gasteiger partial charge in [0.05, 0.1) is 0 Å². The van der Waals surface area contributed by atoms with Crippen LogP contribution in [0.15, 0.2) is 0 Å². The fourth-order valence-corrected chi connectivity index (χ4v) is 3.46. The summed E-state index contributed by atoms with van der Waals surface area (Å²) in [7, 11) is 0. The molecule has 0 aromatic rings. The molecule has 0 saturated heterocycles. The number of hydrogen-bond acceptors (Lipinski definition) is 2. The van der Waals surface area contributed by atoms with E-state index >= 15 is 0 Å². The zero-order valence-electron chi connectivity index (χ0n) is 18.5. The van der Waals surface area contributed by atoms with Gasteiger partial charge in [0.15, 0.2) is 0 Å². The molecule has 0 saturated carbocycles. The first-order valence-corrected chi connectivity index (χ1v) is 11.8. The van der Waals surface area contributed by atoms with Crippen LogP contribution in [0.2, 0.25) is 0 Å². The number of unbranched alkanes of at least 4 members (excludes halogenated alkanes) is 13. The zero-order chi connectivity index (χ0) is 19.5. The van der Waals surface area contributed by atoms with Crippen molar-refractivity contribution in [3.8, 4) is 0 Å².